The number of hydrogen-bond acceptors (Lipinski definition) is 6. The van der Waals surface area contributed by atoms with Crippen LogP contribution in [0.2, 0.25) is 0 Å². The molecule has 0 unspecified atom stereocenters. The van der Waals surface area contributed by atoms with Crippen LogP contribution in [0, 0.1) is 0 Å². The molecular formula is C16H16N6OS. The maximum absolute atomic E-state index is 12.5. The van der Waals surface area contributed by atoms with Crippen molar-refractivity contribution in [1.82, 2.24) is 29.7 Å². The zero-order chi connectivity index (χ0) is 16.4. The molecule has 1 aliphatic heterocycles. The van der Waals surface area contributed by atoms with Gasteiger partial charge >= 0.3 is 0 Å². The standard InChI is InChI=1S/C16H16N6OS/c23-16(13-9-17-21-24-13)22-8-4-7-12(10-22)15-18-14(19-20-15)11-5-2-1-3-6-11/h1-3,5-6,9,12H,4,7-8,10H2,(H,18,19,20)/t12-/m1/s1. The number of aromatic nitrogens is 5. The van der Waals surface area contributed by atoms with Gasteiger partial charge in [0, 0.05) is 24.6 Å². The number of rotatable bonds is 3. The highest BCUT2D eigenvalue weighted by Gasteiger charge is 2.28. The molecule has 4 rings (SSSR count). The Kier molecular flexibility index (Phi) is 4.04. The minimum Gasteiger partial charge on any atom is -0.337 e. The zero-order valence-electron chi connectivity index (χ0n) is 12.9. The molecule has 3 heterocycles. The van der Waals surface area contributed by atoms with E-state index < -0.39 is 0 Å². The van der Waals surface area contributed by atoms with E-state index in [0.717, 1.165) is 42.3 Å². The molecule has 1 aromatic carbocycles. The summed E-state index contributed by atoms with van der Waals surface area (Å²) in [5.41, 5.74) is 0.986. The quantitative estimate of drug-likeness (QED) is 0.791. The summed E-state index contributed by atoms with van der Waals surface area (Å²) in [5, 5.41) is 11.1. The predicted molar refractivity (Wildman–Crippen MR) is 89.6 cm³/mol. The second kappa shape index (κ2) is 6.48. The number of carbonyl (C=O) groups is 1. The van der Waals surface area contributed by atoms with Crippen LogP contribution in [0.4, 0.5) is 0 Å². The van der Waals surface area contributed by atoms with Gasteiger partial charge in [-0.3, -0.25) is 9.89 Å². The first kappa shape index (κ1) is 14.9. The Hall–Kier alpha value is -2.61. The largest absolute Gasteiger partial charge is 0.337 e. The normalized spacial score (nSPS) is 17.8. The molecule has 0 saturated carbocycles. The van der Waals surface area contributed by atoms with E-state index in [1.165, 1.54) is 6.20 Å². The van der Waals surface area contributed by atoms with Gasteiger partial charge < -0.3 is 4.90 Å². The fraction of sp³-hybridized carbons (Fsp3) is 0.312. The number of piperidine rings is 1. The molecule has 7 nitrogen and oxygen atoms in total. The molecule has 1 amide bonds. The van der Waals surface area contributed by atoms with Gasteiger partial charge in [-0.05, 0) is 24.4 Å². The summed E-state index contributed by atoms with van der Waals surface area (Å²) in [6, 6.07) is 9.88. The Balaban J connectivity index is 1.50. The molecule has 1 atom stereocenters. The Morgan fingerprint density at radius 2 is 2.17 bits per heavy atom. The van der Waals surface area contributed by atoms with Crippen molar-refractivity contribution in [2.24, 2.45) is 0 Å². The maximum atomic E-state index is 12.5. The summed E-state index contributed by atoms with van der Waals surface area (Å²) in [6.45, 7) is 1.40. The summed E-state index contributed by atoms with van der Waals surface area (Å²) in [4.78, 5) is 19.5. The van der Waals surface area contributed by atoms with Gasteiger partial charge in [-0.2, -0.15) is 5.10 Å². The molecule has 1 fully saturated rings. The van der Waals surface area contributed by atoms with Crippen molar-refractivity contribution in [1.29, 1.82) is 0 Å². The number of benzene rings is 1. The average molecular weight is 340 g/mol. The maximum Gasteiger partial charge on any atom is 0.267 e. The van der Waals surface area contributed by atoms with E-state index in [1.54, 1.807) is 0 Å². The van der Waals surface area contributed by atoms with Gasteiger partial charge in [0.05, 0.1) is 6.20 Å². The smallest absolute Gasteiger partial charge is 0.267 e. The van der Waals surface area contributed by atoms with Crippen molar-refractivity contribution in [3.63, 3.8) is 0 Å². The summed E-state index contributed by atoms with van der Waals surface area (Å²) >= 11 is 1.14. The Labute approximate surface area is 142 Å². The second-order valence-electron chi connectivity index (χ2n) is 5.78. The van der Waals surface area contributed by atoms with Gasteiger partial charge in [0.15, 0.2) is 5.82 Å². The molecule has 1 aliphatic rings. The Morgan fingerprint density at radius 3 is 2.96 bits per heavy atom. The number of nitrogens with zero attached hydrogens (tertiary/aromatic N) is 5. The molecule has 3 aromatic rings. The van der Waals surface area contributed by atoms with E-state index in [2.05, 4.69) is 24.8 Å². The zero-order valence-corrected chi connectivity index (χ0v) is 13.7. The number of hydrogen-bond donors (Lipinski definition) is 1. The molecule has 0 spiro atoms. The Morgan fingerprint density at radius 1 is 1.29 bits per heavy atom. The molecule has 0 aliphatic carbocycles. The summed E-state index contributed by atoms with van der Waals surface area (Å²) in [6.07, 6.45) is 3.47. The van der Waals surface area contributed by atoms with Gasteiger partial charge in [-0.15, -0.1) is 5.10 Å². The first-order valence-electron chi connectivity index (χ1n) is 7.85. The molecule has 122 valence electrons. The molecule has 8 heteroatoms. The lowest BCUT2D eigenvalue weighted by Crippen LogP contribution is -2.39. The van der Waals surface area contributed by atoms with Crippen LogP contribution >= 0.6 is 11.5 Å². The van der Waals surface area contributed by atoms with Crippen LogP contribution in [0.15, 0.2) is 36.5 Å². The molecule has 0 bridgehead atoms. The Bertz CT molecular complexity index is 816. The molecule has 24 heavy (non-hydrogen) atoms. The first-order valence-corrected chi connectivity index (χ1v) is 8.63. The third kappa shape index (κ3) is 2.92. The van der Waals surface area contributed by atoms with Crippen LogP contribution in [0.5, 0.6) is 0 Å². The van der Waals surface area contributed by atoms with Gasteiger partial charge in [0.25, 0.3) is 5.91 Å². The van der Waals surface area contributed by atoms with Crippen molar-refractivity contribution in [2.75, 3.05) is 13.1 Å². The lowest BCUT2D eigenvalue weighted by Gasteiger charge is -2.31. The predicted octanol–water partition coefficient (Wildman–Crippen LogP) is 2.34. The fourth-order valence-electron chi connectivity index (χ4n) is 2.98. The minimum absolute atomic E-state index is 0.00232. The fourth-order valence-corrected chi connectivity index (χ4v) is 3.46. The number of amides is 1. The van der Waals surface area contributed by atoms with E-state index in [0.29, 0.717) is 17.2 Å². The second-order valence-corrected chi connectivity index (χ2v) is 6.57. The molecule has 1 saturated heterocycles. The van der Waals surface area contributed by atoms with Gasteiger partial charge in [-0.1, -0.05) is 34.8 Å². The monoisotopic (exact) mass is 340 g/mol. The van der Waals surface area contributed by atoms with Crippen LogP contribution < -0.4 is 0 Å². The molecular weight excluding hydrogens is 324 g/mol. The van der Waals surface area contributed by atoms with Crippen molar-refractivity contribution in [3.8, 4) is 11.4 Å². The number of nitrogens with one attached hydrogen (secondary N) is 1. The number of carbonyl (C=O) groups excluding carboxylic acids is 1. The van der Waals surface area contributed by atoms with Crippen LogP contribution in [-0.2, 0) is 0 Å². The highest BCUT2D eigenvalue weighted by atomic mass is 32.1. The van der Waals surface area contributed by atoms with E-state index in [9.17, 15) is 4.79 Å². The summed E-state index contributed by atoms with van der Waals surface area (Å²) < 4.78 is 3.77. The SMILES string of the molecule is O=C(c1cnns1)N1CCC[C@@H](c2nc(-c3ccccc3)n[nH]2)C1. The van der Waals surface area contributed by atoms with Gasteiger partial charge in [0.2, 0.25) is 0 Å². The third-order valence-corrected chi connectivity index (χ3v) is 4.85. The van der Waals surface area contributed by atoms with Crippen molar-refractivity contribution < 1.29 is 4.79 Å². The van der Waals surface area contributed by atoms with Crippen molar-refractivity contribution in [2.45, 2.75) is 18.8 Å². The topological polar surface area (TPSA) is 87.7 Å². The van der Waals surface area contributed by atoms with Gasteiger partial charge in [-0.25, -0.2) is 4.98 Å². The van der Waals surface area contributed by atoms with E-state index in [1.807, 2.05) is 35.2 Å². The number of H-pyrrole nitrogens is 1. The van der Waals surface area contributed by atoms with E-state index in [4.69, 9.17) is 0 Å². The van der Waals surface area contributed by atoms with Gasteiger partial charge in [0.1, 0.15) is 10.7 Å². The van der Waals surface area contributed by atoms with Crippen LogP contribution in [0.3, 0.4) is 0 Å². The summed E-state index contributed by atoms with van der Waals surface area (Å²) in [5.74, 6) is 1.71. The van der Waals surface area contributed by atoms with Crippen LogP contribution in [0.1, 0.15) is 34.3 Å². The lowest BCUT2D eigenvalue weighted by molar-refractivity contribution is 0.0709. The van der Waals surface area contributed by atoms with Crippen molar-refractivity contribution >= 4 is 17.4 Å². The average Bonchev–Trinajstić information content (AvgIpc) is 3.34. The highest BCUT2D eigenvalue weighted by molar-refractivity contribution is 7.07. The molecule has 0 radical (unpaired) electrons. The van der Waals surface area contributed by atoms with Crippen LogP contribution in [0.25, 0.3) is 11.4 Å². The minimum atomic E-state index is -0.00232. The van der Waals surface area contributed by atoms with Crippen molar-refractivity contribution in [3.05, 3.63) is 47.2 Å². The molecule has 1 N–H and O–H groups in total. The first-order chi connectivity index (χ1) is 11.8. The van der Waals surface area contributed by atoms with Crippen LogP contribution in [-0.4, -0.2) is 48.7 Å². The number of likely N-dealkylation sites (tertiary alicyclic amines) is 1. The number of aromatic amines is 1. The lowest BCUT2D eigenvalue weighted by atomic mass is 9.97. The van der Waals surface area contributed by atoms with E-state index in [-0.39, 0.29) is 11.8 Å². The molecule has 2 aromatic heterocycles. The third-order valence-electron chi connectivity index (χ3n) is 4.20. The van der Waals surface area contributed by atoms with E-state index >= 15 is 0 Å². The summed E-state index contributed by atoms with van der Waals surface area (Å²) in [7, 11) is 0. The highest BCUT2D eigenvalue weighted by Crippen LogP contribution is 2.27.